The summed E-state index contributed by atoms with van der Waals surface area (Å²) in [6.45, 7) is 0.417. The molecule has 6 heteroatoms. The van der Waals surface area contributed by atoms with E-state index in [1.54, 1.807) is 6.20 Å². The topological polar surface area (TPSA) is 54.0 Å². The van der Waals surface area contributed by atoms with Crippen molar-refractivity contribution in [3.8, 4) is 0 Å². The van der Waals surface area contributed by atoms with Crippen LogP contribution in [0.25, 0.3) is 0 Å². The van der Waals surface area contributed by atoms with Crippen molar-refractivity contribution < 1.29 is 4.79 Å². The van der Waals surface area contributed by atoms with Gasteiger partial charge in [-0.2, -0.15) is 0 Å². The van der Waals surface area contributed by atoms with E-state index in [1.165, 1.54) is 23.5 Å². The van der Waals surface area contributed by atoms with Crippen LogP contribution in [0.5, 0.6) is 0 Å². The molecule has 1 aromatic carbocycles. The van der Waals surface area contributed by atoms with Gasteiger partial charge in [-0.25, -0.2) is 4.79 Å². The second-order valence-corrected chi connectivity index (χ2v) is 7.91. The number of pyridine rings is 1. The fraction of sp³-hybridized carbons (Fsp3) is 0.294. The van der Waals surface area contributed by atoms with Gasteiger partial charge in [-0.1, -0.05) is 18.2 Å². The van der Waals surface area contributed by atoms with E-state index in [0.29, 0.717) is 11.1 Å². The Morgan fingerprint density at radius 1 is 1.17 bits per heavy atom. The summed E-state index contributed by atoms with van der Waals surface area (Å²) in [6, 6.07) is 13.6. The highest BCUT2D eigenvalue weighted by Gasteiger charge is 2.16. The number of amides is 2. The van der Waals surface area contributed by atoms with Crippen molar-refractivity contribution in [3.05, 3.63) is 59.9 Å². The Balaban J connectivity index is 1.55. The van der Waals surface area contributed by atoms with Gasteiger partial charge in [-0.15, -0.1) is 23.5 Å². The van der Waals surface area contributed by atoms with E-state index >= 15 is 0 Å². The zero-order valence-corrected chi connectivity index (χ0v) is 14.3. The SMILES string of the molecule is O=C(NCc1ccccn1)Nc1cccc(C2SCCCS2)c1. The van der Waals surface area contributed by atoms with Crippen molar-refractivity contribution in [2.75, 3.05) is 16.8 Å². The van der Waals surface area contributed by atoms with Gasteiger partial charge >= 0.3 is 6.03 Å². The zero-order chi connectivity index (χ0) is 15.9. The summed E-state index contributed by atoms with van der Waals surface area (Å²) in [5.74, 6) is 2.42. The molecule has 2 heterocycles. The second-order valence-electron chi connectivity index (χ2n) is 5.18. The van der Waals surface area contributed by atoms with Gasteiger partial charge in [0, 0.05) is 11.9 Å². The van der Waals surface area contributed by atoms with E-state index < -0.39 is 0 Å². The molecule has 2 amide bonds. The number of nitrogens with one attached hydrogen (secondary N) is 2. The molecule has 0 saturated carbocycles. The van der Waals surface area contributed by atoms with Crippen molar-refractivity contribution in [2.45, 2.75) is 17.5 Å². The predicted octanol–water partition coefficient (Wildman–Crippen LogP) is 4.27. The average Bonchev–Trinajstić information content (AvgIpc) is 2.62. The summed E-state index contributed by atoms with van der Waals surface area (Å²) in [5, 5.41) is 5.72. The molecule has 0 bridgehead atoms. The van der Waals surface area contributed by atoms with E-state index in [1.807, 2.05) is 53.9 Å². The third kappa shape index (κ3) is 4.91. The fourth-order valence-electron chi connectivity index (χ4n) is 2.29. The third-order valence-corrected chi connectivity index (χ3v) is 6.42. The van der Waals surface area contributed by atoms with Gasteiger partial charge in [0.15, 0.2) is 0 Å². The van der Waals surface area contributed by atoms with Gasteiger partial charge in [0.05, 0.1) is 16.8 Å². The Kier molecular flexibility index (Phi) is 5.82. The molecule has 0 atom stereocenters. The van der Waals surface area contributed by atoms with Crippen molar-refractivity contribution in [1.29, 1.82) is 0 Å². The first-order valence-electron chi connectivity index (χ1n) is 7.59. The van der Waals surface area contributed by atoms with Crippen LogP contribution in [-0.4, -0.2) is 22.5 Å². The lowest BCUT2D eigenvalue weighted by molar-refractivity contribution is 0.251. The Bertz CT molecular complexity index is 645. The highest BCUT2D eigenvalue weighted by molar-refractivity contribution is 8.16. The standard InChI is InChI=1S/C17H19N3OS2/c21-17(19-12-15-6-1-2-8-18-15)20-14-7-3-5-13(11-14)16-22-9-4-10-23-16/h1-3,5-8,11,16H,4,9-10,12H2,(H2,19,20,21). The van der Waals surface area contributed by atoms with Crippen LogP contribution in [0.15, 0.2) is 48.7 Å². The number of hydrogen-bond acceptors (Lipinski definition) is 4. The first-order chi connectivity index (χ1) is 11.3. The lowest BCUT2D eigenvalue weighted by atomic mass is 10.2. The number of thioether (sulfide) groups is 2. The molecule has 1 aromatic heterocycles. The predicted molar refractivity (Wildman–Crippen MR) is 98.8 cm³/mol. The summed E-state index contributed by atoms with van der Waals surface area (Å²) < 4.78 is 0.474. The van der Waals surface area contributed by atoms with E-state index in [0.717, 1.165) is 11.4 Å². The summed E-state index contributed by atoms with van der Waals surface area (Å²) in [4.78, 5) is 16.2. The monoisotopic (exact) mass is 345 g/mol. The Morgan fingerprint density at radius 3 is 2.83 bits per heavy atom. The van der Waals surface area contributed by atoms with Crippen LogP contribution in [0.4, 0.5) is 10.5 Å². The van der Waals surface area contributed by atoms with Crippen LogP contribution in [0.1, 0.15) is 22.3 Å². The van der Waals surface area contributed by atoms with E-state index in [2.05, 4.69) is 27.8 Å². The Hall–Kier alpha value is -1.66. The van der Waals surface area contributed by atoms with Gasteiger partial charge in [0.25, 0.3) is 0 Å². The maximum atomic E-state index is 12.0. The molecule has 120 valence electrons. The molecule has 2 aromatic rings. The number of carbonyl (C=O) groups excluding carboxylic acids is 1. The number of hydrogen-bond donors (Lipinski definition) is 2. The highest BCUT2D eigenvalue weighted by Crippen LogP contribution is 2.43. The number of benzene rings is 1. The fourth-order valence-corrected chi connectivity index (χ4v) is 5.17. The Labute approximate surface area is 144 Å². The molecule has 0 aliphatic carbocycles. The molecule has 0 unspecified atom stereocenters. The lowest BCUT2D eigenvalue weighted by Gasteiger charge is -2.21. The van der Waals surface area contributed by atoms with Crippen molar-refractivity contribution in [1.82, 2.24) is 10.3 Å². The molecule has 23 heavy (non-hydrogen) atoms. The van der Waals surface area contributed by atoms with Gasteiger partial charge in [-0.3, -0.25) is 4.98 Å². The molecule has 3 rings (SSSR count). The molecule has 1 saturated heterocycles. The minimum atomic E-state index is -0.211. The smallest absolute Gasteiger partial charge is 0.319 e. The number of urea groups is 1. The van der Waals surface area contributed by atoms with Gasteiger partial charge in [0.2, 0.25) is 0 Å². The van der Waals surface area contributed by atoms with Crippen LogP contribution in [0.3, 0.4) is 0 Å². The molecule has 1 aliphatic rings. The maximum Gasteiger partial charge on any atom is 0.319 e. The van der Waals surface area contributed by atoms with Crippen molar-refractivity contribution in [3.63, 3.8) is 0 Å². The minimum absolute atomic E-state index is 0.211. The molecular weight excluding hydrogens is 326 g/mol. The van der Waals surface area contributed by atoms with Crippen LogP contribution in [-0.2, 0) is 6.54 Å². The second kappa shape index (κ2) is 8.26. The summed E-state index contributed by atoms with van der Waals surface area (Å²) in [7, 11) is 0. The summed E-state index contributed by atoms with van der Waals surface area (Å²) >= 11 is 3.96. The number of carbonyl (C=O) groups is 1. The molecule has 0 radical (unpaired) electrons. The number of anilines is 1. The maximum absolute atomic E-state index is 12.0. The molecular formula is C17H19N3OS2. The first-order valence-corrected chi connectivity index (χ1v) is 9.69. The quantitative estimate of drug-likeness (QED) is 0.869. The van der Waals surface area contributed by atoms with Crippen molar-refractivity contribution >= 4 is 35.2 Å². The van der Waals surface area contributed by atoms with Gasteiger partial charge < -0.3 is 10.6 Å². The number of aromatic nitrogens is 1. The first kappa shape index (κ1) is 16.2. The average molecular weight is 345 g/mol. The van der Waals surface area contributed by atoms with E-state index in [9.17, 15) is 4.79 Å². The molecule has 0 spiro atoms. The van der Waals surface area contributed by atoms with Crippen LogP contribution < -0.4 is 10.6 Å². The summed E-state index contributed by atoms with van der Waals surface area (Å²) in [5.41, 5.74) is 2.93. The molecule has 2 N–H and O–H groups in total. The van der Waals surface area contributed by atoms with Crippen LogP contribution >= 0.6 is 23.5 Å². The highest BCUT2D eigenvalue weighted by atomic mass is 32.2. The van der Waals surface area contributed by atoms with E-state index in [4.69, 9.17) is 0 Å². The van der Waals surface area contributed by atoms with Crippen LogP contribution in [0, 0.1) is 0 Å². The minimum Gasteiger partial charge on any atom is -0.332 e. The molecule has 1 aliphatic heterocycles. The summed E-state index contributed by atoms with van der Waals surface area (Å²) in [6.07, 6.45) is 3.00. The van der Waals surface area contributed by atoms with Gasteiger partial charge in [0.1, 0.15) is 0 Å². The third-order valence-electron chi connectivity index (χ3n) is 3.40. The zero-order valence-electron chi connectivity index (χ0n) is 12.7. The number of rotatable bonds is 4. The van der Waals surface area contributed by atoms with Gasteiger partial charge in [-0.05, 0) is 47.8 Å². The largest absolute Gasteiger partial charge is 0.332 e. The number of nitrogens with zero attached hydrogens (tertiary/aromatic N) is 1. The van der Waals surface area contributed by atoms with Crippen LogP contribution in [0.2, 0.25) is 0 Å². The van der Waals surface area contributed by atoms with E-state index in [-0.39, 0.29) is 6.03 Å². The molecule has 4 nitrogen and oxygen atoms in total. The lowest BCUT2D eigenvalue weighted by Crippen LogP contribution is -2.28. The van der Waals surface area contributed by atoms with Crippen molar-refractivity contribution in [2.24, 2.45) is 0 Å². The molecule has 1 fully saturated rings. The normalized spacial score (nSPS) is 15.1. The Morgan fingerprint density at radius 2 is 2.04 bits per heavy atom.